The molecule has 3 aromatic carbocycles. The van der Waals surface area contributed by atoms with E-state index in [0.717, 1.165) is 11.1 Å². The van der Waals surface area contributed by atoms with Gasteiger partial charge in [-0.15, -0.1) is 0 Å². The third kappa shape index (κ3) is 5.06. The number of hydrogen-bond acceptors (Lipinski definition) is 7. The van der Waals surface area contributed by atoms with Crippen LogP contribution in [0.2, 0.25) is 5.02 Å². The molecule has 0 unspecified atom stereocenters. The lowest BCUT2D eigenvalue weighted by molar-refractivity contribution is 0.0963. The molecule has 0 atom stereocenters. The van der Waals surface area contributed by atoms with Gasteiger partial charge in [0.2, 0.25) is 5.95 Å². The molecule has 1 amide bonds. The minimum absolute atomic E-state index is 0.101. The van der Waals surface area contributed by atoms with Crippen LogP contribution in [0.5, 0.6) is 0 Å². The summed E-state index contributed by atoms with van der Waals surface area (Å²) >= 11 is 6.39. The van der Waals surface area contributed by atoms with Crippen molar-refractivity contribution in [2.75, 3.05) is 30.8 Å². The molecular weight excluding hydrogens is 507 g/mol. The molecule has 0 fully saturated rings. The van der Waals surface area contributed by atoms with Crippen LogP contribution < -0.4 is 16.0 Å². The zero-order valence-electron chi connectivity index (χ0n) is 20.4. The van der Waals surface area contributed by atoms with E-state index in [1.165, 1.54) is 6.07 Å². The monoisotopic (exact) mass is 530 g/mol. The molecule has 2 heterocycles. The number of benzene rings is 3. The molecule has 38 heavy (non-hydrogen) atoms. The second-order valence-electron chi connectivity index (χ2n) is 8.52. The lowest BCUT2D eigenvalue weighted by Crippen LogP contribution is -2.17. The molecule has 0 bridgehead atoms. The lowest BCUT2D eigenvalue weighted by atomic mass is 9.94. The maximum Gasteiger partial charge on any atom is 0.251 e. The van der Waals surface area contributed by atoms with Crippen LogP contribution in [-0.2, 0) is 6.54 Å². The second kappa shape index (κ2) is 11.0. The first-order valence-corrected chi connectivity index (χ1v) is 12.3. The van der Waals surface area contributed by atoms with Gasteiger partial charge >= 0.3 is 0 Å². The average Bonchev–Trinajstić information content (AvgIpc) is 3.08. The van der Waals surface area contributed by atoms with Crippen molar-refractivity contribution in [2.24, 2.45) is 4.99 Å². The summed E-state index contributed by atoms with van der Waals surface area (Å²) in [5.41, 5.74) is 5.27. The van der Waals surface area contributed by atoms with Crippen LogP contribution in [0.1, 0.15) is 27.0 Å². The molecule has 192 valence electrons. The van der Waals surface area contributed by atoms with Gasteiger partial charge in [-0.3, -0.25) is 9.79 Å². The third-order valence-corrected chi connectivity index (χ3v) is 6.31. The van der Waals surface area contributed by atoms with Crippen molar-refractivity contribution < 1.29 is 14.3 Å². The molecule has 0 saturated heterocycles. The van der Waals surface area contributed by atoms with Crippen molar-refractivity contribution in [3.63, 3.8) is 0 Å². The zero-order valence-corrected chi connectivity index (χ0v) is 21.2. The van der Waals surface area contributed by atoms with Crippen molar-refractivity contribution in [3.8, 4) is 11.3 Å². The third-order valence-electron chi connectivity index (χ3n) is 6.07. The van der Waals surface area contributed by atoms with Crippen LogP contribution in [-0.4, -0.2) is 46.9 Å². The number of carbonyl (C=O) groups excluding carboxylic acids is 1. The Labute approximate surface area is 223 Å². The number of anilines is 3. The van der Waals surface area contributed by atoms with Gasteiger partial charge in [0, 0.05) is 58.4 Å². The van der Waals surface area contributed by atoms with E-state index >= 15 is 4.39 Å². The predicted octanol–water partition coefficient (Wildman–Crippen LogP) is 4.79. The molecular formula is C28H24ClFN6O2. The summed E-state index contributed by atoms with van der Waals surface area (Å²) in [5, 5.41) is 18.6. The van der Waals surface area contributed by atoms with E-state index in [9.17, 15) is 9.90 Å². The largest absolute Gasteiger partial charge is 0.395 e. The molecule has 10 heteroatoms. The number of aromatic nitrogens is 2. The quantitative estimate of drug-likeness (QED) is 0.273. The summed E-state index contributed by atoms with van der Waals surface area (Å²) in [6.07, 6.45) is 1.70. The summed E-state index contributed by atoms with van der Waals surface area (Å²) in [7, 11) is 1.58. The fourth-order valence-electron chi connectivity index (χ4n) is 4.28. The molecule has 0 aliphatic carbocycles. The Morgan fingerprint density at radius 2 is 1.92 bits per heavy atom. The Morgan fingerprint density at radius 3 is 2.68 bits per heavy atom. The number of fused-ring (bicyclic) bond motifs is 3. The first kappa shape index (κ1) is 25.3. The van der Waals surface area contributed by atoms with Crippen LogP contribution in [0.25, 0.3) is 11.3 Å². The summed E-state index contributed by atoms with van der Waals surface area (Å²) < 4.78 is 15.2. The SMILES string of the molecule is CNC(=O)c1ccc(Nc2ncc3c(n2)-c2ccc(Cl)cc2C(c2c(F)cccc2NCCO)=NC3)cc1. The maximum absolute atomic E-state index is 15.2. The zero-order chi connectivity index (χ0) is 26.6. The lowest BCUT2D eigenvalue weighted by Gasteiger charge is -2.16. The highest BCUT2D eigenvalue weighted by Gasteiger charge is 2.25. The fraction of sp³-hybridized carbons (Fsp3) is 0.143. The molecule has 0 saturated carbocycles. The maximum atomic E-state index is 15.2. The van der Waals surface area contributed by atoms with Crippen LogP contribution in [0.15, 0.2) is 71.9 Å². The molecule has 4 N–H and O–H groups in total. The van der Waals surface area contributed by atoms with E-state index in [1.807, 2.05) is 6.07 Å². The van der Waals surface area contributed by atoms with E-state index in [1.54, 1.807) is 61.8 Å². The molecule has 5 rings (SSSR count). The van der Waals surface area contributed by atoms with Gasteiger partial charge in [-0.05, 0) is 48.5 Å². The van der Waals surface area contributed by atoms with E-state index in [4.69, 9.17) is 21.6 Å². The van der Waals surface area contributed by atoms with Crippen molar-refractivity contribution in [2.45, 2.75) is 6.54 Å². The minimum Gasteiger partial charge on any atom is -0.395 e. The first-order valence-electron chi connectivity index (χ1n) is 11.9. The van der Waals surface area contributed by atoms with Crippen LogP contribution >= 0.6 is 11.6 Å². The van der Waals surface area contributed by atoms with Crippen LogP contribution in [0.4, 0.5) is 21.7 Å². The van der Waals surface area contributed by atoms with E-state index < -0.39 is 5.82 Å². The Morgan fingerprint density at radius 1 is 1.11 bits per heavy atom. The van der Waals surface area contributed by atoms with E-state index in [-0.39, 0.29) is 25.6 Å². The van der Waals surface area contributed by atoms with Crippen LogP contribution in [0.3, 0.4) is 0 Å². The number of nitrogens with zero attached hydrogens (tertiary/aromatic N) is 3. The number of nitrogens with one attached hydrogen (secondary N) is 3. The smallest absolute Gasteiger partial charge is 0.251 e. The van der Waals surface area contributed by atoms with Gasteiger partial charge in [0.25, 0.3) is 5.91 Å². The van der Waals surface area contributed by atoms with Gasteiger partial charge in [0.05, 0.1) is 30.1 Å². The highest BCUT2D eigenvalue weighted by Crippen LogP contribution is 2.35. The Bertz CT molecular complexity index is 1540. The molecule has 8 nitrogen and oxygen atoms in total. The number of rotatable bonds is 7. The minimum atomic E-state index is -0.447. The molecule has 0 spiro atoms. The standard InChI is InChI=1S/C28H24ClFN6O2/c1-31-27(38)16-5-8-19(9-6-16)35-28-34-15-17-14-33-26(21-13-18(29)7-10-20(21)25(17)36-28)24-22(30)3-2-4-23(24)32-11-12-37/h2-10,13,15,32,37H,11-12,14H2,1H3,(H,31,38)(H,34,35,36). The van der Waals surface area contributed by atoms with Gasteiger partial charge in [-0.25, -0.2) is 14.4 Å². The number of aliphatic imine (C=N–C) groups is 1. The molecule has 1 aromatic heterocycles. The van der Waals surface area contributed by atoms with Crippen molar-refractivity contribution in [1.82, 2.24) is 15.3 Å². The van der Waals surface area contributed by atoms with Crippen molar-refractivity contribution >= 4 is 40.5 Å². The molecule has 0 radical (unpaired) electrons. The summed E-state index contributed by atoms with van der Waals surface area (Å²) in [4.78, 5) is 25.8. The summed E-state index contributed by atoms with van der Waals surface area (Å²) in [6, 6.07) is 17.0. The summed E-state index contributed by atoms with van der Waals surface area (Å²) in [6.45, 7) is 0.388. The number of amides is 1. The van der Waals surface area contributed by atoms with Crippen LogP contribution in [0, 0.1) is 5.82 Å². The Hall–Kier alpha value is -4.34. The second-order valence-corrected chi connectivity index (χ2v) is 8.95. The summed E-state index contributed by atoms with van der Waals surface area (Å²) in [5.74, 6) is -0.261. The Kier molecular flexibility index (Phi) is 7.30. The fourth-order valence-corrected chi connectivity index (χ4v) is 4.45. The number of aliphatic hydroxyl groups is 1. The van der Waals surface area contributed by atoms with E-state index in [2.05, 4.69) is 20.9 Å². The van der Waals surface area contributed by atoms with Crippen molar-refractivity contribution in [1.29, 1.82) is 0 Å². The number of aliphatic hydroxyl groups excluding tert-OH is 1. The first-order chi connectivity index (χ1) is 18.5. The molecule has 1 aliphatic rings. The van der Waals surface area contributed by atoms with Crippen molar-refractivity contribution in [3.05, 3.63) is 100.0 Å². The number of halogens is 2. The number of hydrogen-bond donors (Lipinski definition) is 4. The van der Waals surface area contributed by atoms with Gasteiger partial charge in [0.15, 0.2) is 0 Å². The molecule has 4 aromatic rings. The van der Waals surface area contributed by atoms with Gasteiger partial charge in [-0.1, -0.05) is 23.7 Å². The highest BCUT2D eigenvalue weighted by molar-refractivity contribution is 6.32. The average molecular weight is 531 g/mol. The van der Waals surface area contributed by atoms with Gasteiger partial charge in [0.1, 0.15) is 5.82 Å². The topological polar surface area (TPSA) is 112 Å². The predicted molar refractivity (Wildman–Crippen MR) is 147 cm³/mol. The Balaban J connectivity index is 1.56. The van der Waals surface area contributed by atoms with Gasteiger partial charge in [-0.2, -0.15) is 0 Å². The number of carbonyl (C=O) groups is 1. The van der Waals surface area contributed by atoms with Gasteiger partial charge < -0.3 is 21.1 Å². The van der Waals surface area contributed by atoms with E-state index in [0.29, 0.717) is 50.4 Å². The normalized spacial score (nSPS) is 12.1. The molecule has 1 aliphatic heterocycles. The highest BCUT2D eigenvalue weighted by atomic mass is 35.5.